The van der Waals surface area contributed by atoms with Crippen LogP contribution in [0.25, 0.3) is 0 Å². The molecule has 2 unspecified atom stereocenters. The van der Waals surface area contributed by atoms with Gasteiger partial charge in [-0.05, 0) is 158 Å². The first-order valence-electron chi connectivity index (χ1n) is 26.2. The van der Waals surface area contributed by atoms with Gasteiger partial charge in [-0.25, -0.2) is 0 Å². The van der Waals surface area contributed by atoms with E-state index in [1.165, 1.54) is 59.1 Å². The van der Waals surface area contributed by atoms with E-state index >= 15 is 0 Å². The van der Waals surface area contributed by atoms with Crippen LogP contribution in [0.5, 0.6) is 0 Å². The Morgan fingerprint density at radius 2 is 0.486 bits per heavy atom. The number of hydrogen-bond acceptors (Lipinski definition) is 0. The first kappa shape index (κ1) is 51.8. The number of aryl methyl sites for hydroxylation is 1. The second-order valence-corrected chi connectivity index (χ2v) is 28.8. The Balaban J connectivity index is 1.18. The summed E-state index contributed by atoms with van der Waals surface area (Å²) in [6.07, 6.45) is 8.39. The smallest absolute Gasteiger partial charge is 0.0237 e. The molecular formula is C69H65P5. The topological polar surface area (TPSA) is 0 Å². The summed E-state index contributed by atoms with van der Waals surface area (Å²) in [7, 11) is 0.877. The zero-order valence-electron chi connectivity index (χ0n) is 42.2. The molecule has 10 aromatic carbocycles. The minimum atomic E-state index is -0.638. The Kier molecular flexibility index (Phi) is 18.7. The van der Waals surface area contributed by atoms with Crippen molar-refractivity contribution in [2.45, 2.75) is 31.3 Å². The van der Waals surface area contributed by atoms with Gasteiger partial charge in [0.15, 0.2) is 0 Å². The summed E-state index contributed by atoms with van der Waals surface area (Å²) in [6, 6.07) is 105. The zero-order chi connectivity index (χ0) is 50.2. The second-order valence-electron chi connectivity index (χ2n) is 18.7. The molecule has 0 nitrogen and oxygen atoms in total. The average Bonchev–Trinajstić information content (AvgIpc) is 3.48. The maximum Gasteiger partial charge on any atom is 0.0237 e. The molecule has 5 heteroatoms. The zero-order valence-corrected chi connectivity index (χ0v) is 46.9. The Morgan fingerprint density at radius 1 is 0.257 bits per heavy atom. The van der Waals surface area contributed by atoms with Gasteiger partial charge >= 0.3 is 0 Å². The van der Waals surface area contributed by atoms with E-state index in [-0.39, 0.29) is 5.66 Å². The predicted molar refractivity (Wildman–Crippen MR) is 335 cm³/mol. The van der Waals surface area contributed by atoms with Crippen LogP contribution in [-0.2, 0) is 25.7 Å². The second kappa shape index (κ2) is 26.7. The molecule has 10 rings (SSSR count). The molecule has 0 bridgehead atoms. The molecule has 0 aliphatic rings. The molecular weight excluding hydrogens is 984 g/mol. The molecule has 2 atom stereocenters. The van der Waals surface area contributed by atoms with Gasteiger partial charge in [0.2, 0.25) is 0 Å². The van der Waals surface area contributed by atoms with Gasteiger partial charge in [0.1, 0.15) is 0 Å². The van der Waals surface area contributed by atoms with Gasteiger partial charge < -0.3 is 0 Å². The molecule has 0 amide bonds. The summed E-state index contributed by atoms with van der Waals surface area (Å²) in [5.41, 5.74) is 9.28. The van der Waals surface area contributed by atoms with Crippen molar-refractivity contribution in [2.75, 3.05) is 24.6 Å². The highest BCUT2D eigenvalue weighted by Gasteiger charge is 2.27. The molecule has 0 aliphatic heterocycles. The monoisotopic (exact) mass is 1050 g/mol. The lowest BCUT2D eigenvalue weighted by atomic mass is 9.84. The maximum atomic E-state index is 3.38. The fraction of sp³-hybridized carbons (Fsp3) is 0.130. The van der Waals surface area contributed by atoms with Crippen molar-refractivity contribution in [2.24, 2.45) is 0 Å². The highest BCUT2D eigenvalue weighted by Crippen LogP contribution is 2.45. The maximum absolute atomic E-state index is 3.38. The Morgan fingerprint density at radius 3 is 0.770 bits per heavy atom. The molecule has 0 aliphatic carbocycles. The van der Waals surface area contributed by atoms with Gasteiger partial charge in [-0.3, -0.25) is 0 Å². The van der Waals surface area contributed by atoms with Crippen molar-refractivity contribution >= 4 is 83.4 Å². The molecule has 0 radical (unpaired) electrons. The van der Waals surface area contributed by atoms with Crippen molar-refractivity contribution in [1.82, 2.24) is 0 Å². The lowest BCUT2D eigenvalue weighted by Crippen LogP contribution is -2.21. The van der Waals surface area contributed by atoms with Gasteiger partial charge in [-0.2, -0.15) is 0 Å². The number of hydrogen-bond donors (Lipinski definition) is 0. The van der Waals surface area contributed by atoms with Crippen molar-refractivity contribution < 1.29 is 0 Å². The Labute approximate surface area is 449 Å². The minimum Gasteiger partial charge on any atom is -0.125 e. The molecule has 0 spiro atoms. The quantitative estimate of drug-likeness (QED) is 0.0594. The van der Waals surface area contributed by atoms with Crippen molar-refractivity contribution in [3.05, 3.63) is 312 Å². The fourth-order valence-electron chi connectivity index (χ4n) is 10.6. The molecule has 366 valence electrons. The number of benzene rings is 10. The van der Waals surface area contributed by atoms with E-state index in [4.69, 9.17) is 0 Å². The molecule has 0 aromatic heterocycles. The van der Waals surface area contributed by atoms with Gasteiger partial charge in [-0.1, -0.05) is 279 Å². The van der Waals surface area contributed by atoms with Crippen molar-refractivity contribution in [3.8, 4) is 0 Å². The molecule has 0 saturated carbocycles. The first-order chi connectivity index (χ1) is 36.7. The van der Waals surface area contributed by atoms with E-state index in [1.807, 2.05) is 0 Å². The molecule has 0 N–H and O–H groups in total. The third-order valence-electron chi connectivity index (χ3n) is 14.2. The van der Waals surface area contributed by atoms with Crippen LogP contribution in [0.1, 0.15) is 39.0 Å². The van der Waals surface area contributed by atoms with E-state index in [2.05, 4.69) is 288 Å². The van der Waals surface area contributed by atoms with Crippen molar-refractivity contribution in [3.63, 3.8) is 0 Å². The summed E-state index contributed by atoms with van der Waals surface area (Å²) in [4.78, 5) is 0. The van der Waals surface area contributed by atoms with Crippen LogP contribution in [0.3, 0.4) is 0 Å². The van der Waals surface area contributed by atoms with Gasteiger partial charge in [-0.15, -0.1) is 9.24 Å². The lowest BCUT2D eigenvalue weighted by molar-refractivity contribution is 0.925. The Bertz CT molecular complexity index is 3060. The summed E-state index contributed by atoms with van der Waals surface area (Å²) in [6.45, 7) is 0. The first-order valence-corrected chi connectivity index (χ1v) is 32.9. The largest absolute Gasteiger partial charge is 0.125 e. The fourth-order valence-corrected chi connectivity index (χ4v) is 20.4. The standard InChI is InChI=1S/C69H65P5/c70-69(55-28-10-1-11-29-55)68-54-56(46-50-71(57-30-12-2-13-31-57)58-32-14-3-15-33-58)65(47-51-72(59-34-16-4-17-35-59)60-36-18-5-19-37-60)66(48-52-73(61-38-20-6-21-39-61)62-40-22-7-23-41-62)67(68)49-53-74(63-42-24-8-25-43-63)64-44-26-9-27-45-64/h1-45,54,69H,46-53,70H2. The van der Waals surface area contributed by atoms with Crippen LogP contribution >= 0.6 is 40.9 Å². The van der Waals surface area contributed by atoms with Crippen LogP contribution < -0.4 is 42.4 Å². The van der Waals surface area contributed by atoms with Gasteiger partial charge in [0.05, 0.1) is 0 Å². The SMILES string of the molecule is PC(c1ccccc1)c1cc(CCP(c2ccccc2)c2ccccc2)c(CCP(c2ccccc2)c2ccccc2)c(CCP(c2ccccc2)c2ccccc2)c1CCP(c1ccccc1)c1ccccc1. The third-order valence-corrected chi connectivity index (χ3v) is 25.0. The van der Waals surface area contributed by atoms with Crippen LogP contribution in [0.2, 0.25) is 0 Å². The highest BCUT2D eigenvalue weighted by atomic mass is 31.1. The van der Waals surface area contributed by atoms with Crippen LogP contribution in [0.4, 0.5) is 0 Å². The number of rotatable bonds is 22. The van der Waals surface area contributed by atoms with Crippen LogP contribution in [-0.4, -0.2) is 24.6 Å². The third kappa shape index (κ3) is 13.2. The van der Waals surface area contributed by atoms with Gasteiger partial charge in [0.25, 0.3) is 0 Å². The van der Waals surface area contributed by atoms with E-state index in [0.29, 0.717) is 0 Å². The lowest BCUT2D eigenvalue weighted by Gasteiger charge is -2.30. The van der Waals surface area contributed by atoms with E-state index < -0.39 is 31.7 Å². The molecule has 0 heterocycles. The summed E-state index contributed by atoms with van der Waals surface area (Å²) < 4.78 is 0. The Hall–Kier alpha value is -5.65. The van der Waals surface area contributed by atoms with Crippen LogP contribution in [0.15, 0.2) is 279 Å². The summed E-state index contributed by atoms with van der Waals surface area (Å²) in [5, 5.41) is 11.6. The minimum absolute atomic E-state index is 0.137. The van der Waals surface area contributed by atoms with Gasteiger partial charge in [0, 0.05) is 5.66 Å². The molecule has 0 fully saturated rings. The molecule has 10 aromatic rings. The predicted octanol–water partition coefficient (Wildman–Crippen LogP) is 14.4. The summed E-state index contributed by atoms with van der Waals surface area (Å²) in [5.74, 6) is 0. The van der Waals surface area contributed by atoms with E-state index in [9.17, 15) is 0 Å². The molecule has 74 heavy (non-hydrogen) atoms. The van der Waals surface area contributed by atoms with Crippen LogP contribution in [0, 0.1) is 0 Å². The van der Waals surface area contributed by atoms with E-state index in [1.54, 1.807) is 16.7 Å². The average molecular weight is 1050 g/mol. The highest BCUT2D eigenvalue weighted by molar-refractivity contribution is 7.74. The van der Waals surface area contributed by atoms with Crippen molar-refractivity contribution in [1.29, 1.82) is 0 Å². The summed E-state index contributed by atoms with van der Waals surface area (Å²) >= 11 is 0. The van der Waals surface area contributed by atoms with E-state index in [0.717, 1.165) is 50.3 Å². The normalized spacial score (nSPS) is 11.9. The molecule has 0 saturated heterocycles.